The second-order valence-electron chi connectivity index (χ2n) is 2.73. The van der Waals surface area contributed by atoms with E-state index in [9.17, 15) is 0 Å². The highest BCUT2D eigenvalue weighted by Crippen LogP contribution is 2.26. The third-order valence-corrected chi connectivity index (χ3v) is 2.19. The average molecular weight is 201 g/mol. The minimum atomic E-state index is 0.0317. The normalized spacial score (nSPS) is 12.8. The Kier molecular flexibility index (Phi) is 4.02. The summed E-state index contributed by atoms with van der Waals surface area (Å²) in [6.07, 6.45) is 5.14. The molecule has 1 unspecified atom stereocenters. The molecule has 3 N–H and O–H groups in total. The number of hydrazine groups is 1. The van der Waals surface area contributed by atoms with Crippen LogP contribution in [-0.4, -0.2) is 0 Å². The highest BCUT2D eigenvalue weighted by Gasteiger charge is 2.14. The number of nitrogens with one attached hydrogen (secondary N) is 1. The summed E-state index contributed by atoms with van der Waals surface area (Å²) >= 11 is 5.80. The van der Waals surface area contributed by atoms with E-state index in [-0.39, 0.29) is 6.04 Å². The molecule has 0 aliphatic carbocycles. The van der Waals surface area contributed by atoms with Gasteiger partial charge in [-0.1, -0.05) is 6.08 Å². The van der Waals surface area contributed by atoms with Gasteiger partial charge in [-0.3, -0.25) is 11.3 Å². The van der Waals surface area contributed by atoms with Crippen molar-refractivity contribution in [3.63, 3.8) is 0 Å². The van der Waals surface area contributed by atoms with Gasteiger partial charge >= 0.3 is 0 Å². The SMILES string of the molecule is C=CCCC(NN)c1ccoc1Cl. The lowest BCUT2D eigenvalue weighted by Gasteiger charge is -2.12. The minimum Gasteiger partial charge on any atom is -0.453 e. The predicted molar refractivity (Wildman–Crippen MR) is 53.2 cm³/mol. The molecule has 0 saturated heterocycles. The monoisotopic (exact) mass is 200 g/mol. The van der Waals surface area contributed by atoms with Crippen LogP contribution in [0, 0.1) is 0 Å². The third-order valence-electron chi connectivity index (χ3n) is 1.88. The van der Waals surface area contributed by atoms with E-state index >= 15 is 0 Å². The van der Waals surface area contributed by atoms with Crippen LogP contribution in [0.2, 0.25) is 5.22 Å². The smallest absolute Gasteiger partial charge is 0.197 e. The van der Waals surface area contributed by atoms with Crippen molar-refractivity contribution in [1.82, 2.24) is 5.43 Å². The molecule has 0 aromatic carbocycles. The van der Waals surface area contributed by atoms with Crippen LogP contribution in [0.4, 0.5) is 0 Å². The van der Waals surface area contributed by atoms with Crippen molar-refractivity contribution in [2.24, 2.45) is 5.84 Å². The molecule has 0 saturated carbocycles. The standard InChI is InChI=1S/C9H13ClN2O/c1-2-3-4-8(12-11)7-5-6-13-9(7)10/h2,5-6,8,12H,1,3-4,11H2. The Morgan fingerprint density at radius 1 is 1.77 bits per heavy atom. The molecular formula is C9H13ClN2O. The number of halogens is 1. The van der Waals surface area contributed by atoms with Crippen molar-refractivity contribution in [1.29, 1.82) is 0 Å². The van der Waals surface area contributed by atoms with E-state index in [0.29, 0.717) is 5.22 Å². The molecule has 0 aliphatic heterocycles. The quantitative estimate of drug-likeness (QED) is 0.436. The number of nitrogens with two attached hydrogens (primary N) is 1. The molecular weight excluding hydrogens is 188 g/mol. The van der Waals surface area contributed by atoms with E-state index in [0.717, 1.165) is 18.4 Å². The predicted octanol–water partition coefficient (Wildman–Crippen LogP) is 2.40. The molecule has 0 amide bonds. The molecule has 0 radical (unpaired) electrons. The van der Waals surface area contributed by atoms with E-state index in [4.69, 9.17) is 21.9 Å². The Bertz CT molecular complexity index is 272. The Hall–Kier alpha value is -0.770. The molecule has 1 aromatic heterocycles. The Labute approximate surface area is 82.5 Å². The average Bonchev–Trinajstić information content (AvgIpc) is 2.54. The van der Waals surface area contributed by atoms with Gasteiger partial charge in [0.1, 0.15) is 0 Å². The summed E-state index contributed by atoms with van der Waals surface area (Å²) in [6.45, 7) is 3.65. The van der Waals surface area contributed by atoms with Crippen LogP contribution in [0.1, 0.15) is 24.4 Å². The molecule has 1 heterocycles. The molecule has 1 atom stereocenters. The molecule has 0 spiro atoms. The third kappa shape index (κ3) is 2.59. The van der Waals surface area contributed by atoms with E-state index in [2.05, 4.69) is 12.0 Å². The van der Waals surface area contributed by atoms with Gasteiger partial charge in [-0.05, 0) is 30.5 Å². The summed E-state index contributed by atoms with van der Waals surface area (Å²) in [6, 6.07) is 1.85. The zero-order chi connectivity index (χ0) is 9.68. The Morgan fingerprint density at radius 3 is 3.00 bits per heavy atom. The van der Waals surface area contributed by atoms with E-state index in [1.807, 2.05) is 12.1 Å². The largest absolute Gasteiger partial charge is 0.453 e. The fraction of sp³-hybridized carbons (Fsp3) is 0.333. The highest BCUT2D eigenvalue weighted by molar-refractivity contribution is 6.29. The van der Waals surface area contributed by atoms with Gasteiger partial charge in [0, 0.05) is 5.56 Å². The first-order valence-electron chi connectivity index (χ1n) is 4.09. The van der Waals surface area contributed by atoms with Crippen LogP contribution < -0.4 is 11.3 Å². The van der Waals surface area contributed by atoms with Crippen LogP contribution >= 0.6 is 11.6 Å². The second-order valence-corrected chi connectivity index (χ2v) is 3.08. The molecule has 3 nitrogen and oxygen atoms in total. The molecule has 13 heavy (non-hydrogen) atoms. The summed E-state index contributed by atoms with van der Waals surface area (Å²) in [7, 11) is 0. The topological polar surface area (TPSA) is 51.2 Å². The van der Waals surface area contributed by atoms with E-state index in [1.165, 1.54) is 0 Å². The zero-order valence-electron chi connectivity index (χ0n) is 7.29. The molecule has 0 aliphatic rings. The lowest BCUT2D eigenvalue weighted by molar-refractivity contribution is 0.506. The van der Waals surface area contributed by atoms with Gasteiger partial charge in [-0.25, -0.2) is 0 Å². The number of hydrogen-bond donors (Lipinski definition) is 2. The van der Waals surface area contributed by atoms with Gasteiger partial charge in [0.25, 0.3) is 0 Å². The van der Waals surface area contributed by atoms with Crippen molar-refractivity contribution in [2.45, 2.75) is 18.9 Å². The van der Waals surface area contributed by atoms with Crippen LogP contribution in [0.5, 0.6) is 0 Å². The first kappa shape index (κ1) is 10.3. The Morgan fingerprint density at radius 2 is 2.54 bits per heavy atom. The molecule has 4 heteroatoms. The zero-order valence-corrected chi connectivity index (χ0v) is 8.05. The van der Waals surface area contributed by atoms with Crippen molar-refractivity contribution >= 4 is 11.6 Å². The van der Waals surface area contributed by atoms with Crippen molar-refractivity contribution in [3.8, 4) is 0 Å². The summed E-state index contributed by atoms with van der Waals surface area (Å²) in [5.41, 5.74) is 3.58. The summed E-state index contributed by atoms with van der Waals surface area (Å²) < 4.78 is 4.97. The van der Waals surface area contributed by atoms with Crippen LogP contribution in [0.15, 0.2) is 29.4 Å². The molecule has 1 rings (SSSR count). The summed E-state index contributed by atoms with van der Waals surface area (Å²) in [5.74, 6) is 5.39. The summed E-state index contributed by atoms with van der Waals surface area (Å²) in [4.78, 5) is 0. The number of rotatable bonds is 5. The van der Waals surface area contributed by atoms with Gasteiger partial charge in [-0.15, -0.1) is 6.58 Å². The van der Waals surface area contributed by atoms with Gasteiger partial charge in [0.15, 0.2) is 5.22 Å². The lowest BCUT2D eigenvalue weighted by Crippen LogP contribution is -2.27. The molecule has 72 valence electrons. The van der Waals surface area contributed by atoms with Crippen LogP contribution in [-0.2, 0) is 0 Å². The van der Waals surface area contributed by atoms with Gasteiger partial charge < -0.3 is 4.42 Å². The second kappa shape index (κ2) is 5.07. The fourth-order valence-corrected chi connectivity index (χ4v) is 1.41. The molecule has 1 aromatic rings. The van der Waals surface area contributed by atoms with Crippen molar-refractivity contribution in [3.05, 3.63) is 35.8 Å². The van der Waals surface area contributed by atoms with Crippen molar-refractivity contribution in [2.75, 3.05) is 0 Å². The highest BCUT2D eigenvalue weighted by atomic mass is 35.5. The first-order chi connectivity index (χ1) is 6.29. The van der Waals surface area contributed by atoms with Gasteiger partial charge in [-0.2, -0.15) is 0 Å². The maximum Gasteiger partial charge on any atom is 0.197 e. The lowest BCUT2D eigenvalue weighted by atomic mass is 10.1. The fourth-order valence-electron chi connectivity index (χ4n) is 1.17. The number of furan rings is 1. The maximum atomic E-state index is 5.80. The Balaban J connectivity index is 2.66. The minimum absolute atomic E-state index is 0.0317. The van der Waals surface area contributed by atoms with Crippen LogP contribution in [0.25, 0.3) is 0 Å². The molecule has 0 fully saturated rings. The van der Waals surface area contributed by atoms with E-state index in [1.54, 1.807) is 6.26 Å². The number of allylic oxidation sites excluding steroid dienone is 1. The van der Waals surface area contributed by atoms with E-state index < -0.39 is 0 Å². The van der Waals surface area contributed by atoms with Crippen molar-refractivity contribution < 1.29 is 4.42 Å². The first-order valence-corrected chi connectivity index (χ1v) is 4.47. The van der Waals surface area contributed by atoms with Gasteiger partial charge in [0.05, 0.1) is 12.3 Å². The van der Waals surface area contributed by atoms with Crippen LogP contribution in [0.3, 0.4) is 0 Å². The maximum absolute atomic E-state index is 5.80. The number of hydrogen-bond acceptors (Lipinski definition) is 3. The summed E-state index contributed by atoms with van der Waals surface area (Å²) in [5, 5.41) is 0.395. The molecule has 0 bridgehead atoms. The van der Waals surface area contributed by atoms with Gasteiger partial charge in [0.2, 0.25) is 0 Å².